The van der Waals surface area contributed by atoms with Crippen LogP contribution in [0.1, 0.15) is 11.1 Å². The van der Waals surface area contributed by atoms with E-state index in [1.807, 2.05) is 48.5 Å². The Bertz CT molecular complexity index is 350. The fraction of sp³-hybridized carbons (Fsp3) is 0.250. The molecule has 3 heteroatoms. The van der Waals surface area contributed by atoms with Crippen LogP contribution < -0.4 is 0 Å². The van der Waals surface area contributed by atoms with Crippen molar-refractivity contribution in [1.29, 1.82) is 0 Å². The first kappa shape index (κ1) is 18.7. The minimum absolute atomic E-state index is 0.230. The van der Waals surface area contributed by atoms with Crippen molar-refractivity contribution >= 4 is 46.4 Å². The van der Waals surface area contributed by atoms with Crippen molar-refractivity contribution in [3.8, 4) is 0 Å². The summed E-state index contributed by atoms with van der Waals surface area (Å²) in [6.45, 7) is 4.10. The molecule has 0 aliphatic rings. The third kappa shape index (κ3) is 11.2. The first-order valence-corrected chi connectivity index (χ1v) is 12.6. The summed E-state index contributed by atoms with van der Waals surface area (Å²) in [7, 11) is 0. The Morgan fingerprint density at radius 1 is 0.632 bits per heavy atom. The molecule has 0 nitrogen and oxygen atoms in total. The zero-order valence-electron chi connectivity index (χ0n) is 11.9. The quantitative estimate of drug-likeness (QED) is 0.473. The van der Waals surface area contributed by atoms with E-state index in [9.17, 15) is 0 Å². The summed E-state index contributed by atoms with van der Waals surface area (Å²) in [5.74, 6) is 0. The van der Waals surface area contributed by atoms with E-state index in [1.54, 1.807) is 0 Å². The van der Waals surface area contributed by atoms with Crippen LogP contribution in [0.3, 0.4) is 0 Å². The molecule has 0 saturated heterocycles. The van der Waals surface area contributed by atoms with Gasteiger partial charge in [-0.3, -0.25) is 0 Å². The second kappa shape index (κ2) is 11.5. The van der Waals surface area contributed by atoms with Crippen molar-refractivity contribution < 1.29 is 0 Å². The van der Waals surface area contributed by atoms with Crippen LogP contribution in [0, 0.1) is 13.8 Å². The minimum atomic E-state index is 0.230. The van der Waals surface area contributed by atoms with Crippen LogP contribution in [0.5, 0.6) is 0 Å². The molecule has 2 rings (SSSR count). The molecular weight excluding hydrogens is 375 g/mol. The maximum atomic E-state index is 4.87. The van der Waals surface area contributed by atoms with Gasteiger partial charge in [0.15, 0.2) is 0 Å². The summed E-state index contributed by atoms with van der Waals surface area (Å²) in [6, 6.07) is 15.8. The molecule has 0 saturated carbocycles. The van der Waals surface area contributed by atoms with Gasteiger partial charge in [-0.25, -0.2) is 0 Å². The van der Waals surface area contributed by atoms with Crippen LogP contribution in [0.4, 0.5) is 0 Å². The van der Waals surface area contributed by atoms with Gasteiger partial charge in [-0.15, -0.1) is 0 Å². The normalized spacial score (nSPS) is 8.21. The molecule has 0 fully saturated rings. The van der Waals surface area contributed by atoms with Crippen LogP contribution >= 0.6 is 0 Å². The molecule has 0 aliphatic heterocycles. The zero-order chi connectivity index (χ0) is 14.7. The van der Waals surface area contributed by atoms with E-state index in [4.69, 9.17) is 25.3 Å². The van der Waals surface area contributed by atoms with Crippen molar-refractivity contribution in [3.63, 3.8) is 0 Å². The van der Waals surface area contributed by atoms with Gasteiger partial charge in [0.25, 0.3) is 0 Å². The van der Waals surface area contributed by atoms with E-state index in [0.29, 0.717) is 0 Å². The van der Waals surface area contributed by atoms with Crippen molar-refractivity contribution in [2.75, 3.05) is 0 Å². The Morgan fingerprint density at radius 3 is 1.00 bits per heavy atom. The Balaban J connectivity index is 0.000000284. The Labute approximate surface area is 139 Å². The molecule has 0 bridgehead atoms. The van der Waals surface area contributed by atoms with E-state index in [2.05, 4.69) is 23.7 Å². The SMILES string of the molecule is Cc1ccc([S-])cc1.Cc1ccc([S-])cc1.[CH3][Sn+2][CH3]. The molecule has 0 aromatic heterocycles. The van der Waals surface area contributed by atoms with Crippen molar-refractivity contribution in [2.24, 2.45) is 0 Å². The van der Waals surface area contributed by atoms with E-state index >= 15 is 0 Å². The standard InChI is InChI=1S/2C7H8S.2CH3.Sn/c2*1-6-2-4-7(8)5-3-6;;;/h2*2-5,8H,1H3;2*1H3;/q;;;;+2/p-2. The zero-order valence-corrected chi connectivity index (χ0v) is 16.4. The monoisotopic (exact) mass is 396 g/mol. The number of hydrogen-bond acceptors (Lipinski definition) is 2. The summed E-state index contributed by atoms with van der Waals surface area (Å²) in [4.78, 5) is 6.42. The van der Waals surface area contributed by atoms with Gasteiger partial charge >= 0.3 is 31.0 Å². The van der Waals surface area contributed by atoms with E-state index in [0.717, 1.165) is 9.79 Å². The number of rotatable bonds is 0. The molecule has 19 heavy (non-hydrogen) atoms. The molecule has 0 atom stereocenters. The molecule has 0 aliphatic carbocycles. The molecule has 2 aromatic carbocycles. The molecule has 0 unspecified atom stereocenters. The van der Waals surface area contributed by atoms with E-state index in [1.165, 1.54) is 11.1 Å². The molecule has 0 heterocycles. The van der Waals surface area contributed by atoms with Crippen LogP contribution in [0.2, 0.25) is 9.88 Å². The fourth-order valence-electron chi connectivity index (χ4n) is 1.08. The second-order valence-electron chi connectivity index (χ2n) is 4.13. The average molecular weight is 395 g/mol. The van der Waals surface area contributed by atoms with Gasteiger partial charge in [0, 0.05) is 0 Å². The van der Waals surface area contributed by atoms with Crippen LogP contribution in [0.25, 0.3) is 0 Å². The van der Waals surface area contributed by atoms with Gasteiger partial charge in [-0.1, -0.05) is 59.7 Å². The van der Waals surface area contributed by atoms with Crippen molar-refractivity contribution in [2.45, 2.75) is 33.5 Å². The van der Waals surface area contributed by atoms with Crippen molar-refractivity contribution in [1.82, 2.24) is 0 Å². The molecule has 0 spiro atoms. The molecule has 0 radical (unpaired) electrons. The predicted octanol–water partition coefficient (Wildman–Crippen LogP) is 4.59. The van der Waals surface area contributed by atoms with Gasteiger partial charge in [-0.05, 0) is 13.8 Å². The Hall–Kier alpha value is -0.321. The summed E-state index contributed by atoms with van der Waals surface area (Å²) in [5, 5.41) is 0. The van der Waals surface area contributed by atoms with E-state index < -0.39 is 0 Å². The summed E-state index contributed by atoms with van der Waals surface area (Å²) in [5.41, 5.74) is 2.53. The van der Waals surface area contributed by atoms with Crippen LogP contribution in [-0.2, 0) is 25.3 Å². The van der Waals surface area contributed by atoms with Crippen LogP contribution in [0.15, 0.2) is 58.3 Å². The number of hydrogen-bond donors (Lipinski definition) is 0. The van der Waals surface area contributed by atoms with Gasteiger partial charge in [-0.2, -0.15) is 9.79 Å². The average Bonchev–Trinajstić information content (AvgIpc) is 2.38. The van der Waals surface area contributed by atoms with Gasteiger partial charge in [0.05, 0.1) is 0 Å². The predicted molar refractivity (Wildman–Crippen MR) is 91.1 cm³/mol. The second-order valence-corrected chi connectivity index (χ2v) is 7.92. The Kier molecular flexibility index (Phi) is 11.3. The molecule has 0 N–H and O–H groups in total. The maximum absolute atomic E-state index is 4.87. The third-order valence-electron chi connectivity index (χ3n) is 2.04. The molecule has 0 amide bonds. The van der Waals surface area contributed by atoms with Gasteiger partial charge in [0.1, 0.15) is 0 Å². The van der Waals surface area contributed by atoms with E-state index in [-0.39, 0.29) is 21.1 Å². The summed E-state index contributed by atoms with van der Waals surface area (Å²) < 4.78 is 0. The molecule has 2 aromatic rings. The third-order valence-corrected chi connectivity index (χ3v) is 2.59. The first-order valence-electron chi connectivity index (χ1n) is 6.05. The van der Waals surface area contributed by atoms with Crippen LogP contribution in [-0.4, -0.2) is 21.1 Å². The summed E-state index contributed by atoms with van der Waals surface area (Å²) in [6.07, 6.45) is 0. The topological polar surface area (TPSA) is 0 Å². The van der Waals surface area contributed by atoms with Gasteiger partial charge < -0.3 is 25.3 Å². The summed E-state index contributed by atoms with van der Waals surface area (Å²) >= 11 is 9.97. The fourth-order valence-corrected chi connectivity index (χ4v) is 1.35. The molecular formula is C16H20S2Sn. The number of benzene rings is 2. The Morgan fingerprint density at radius 2 is 0.842 bits per heavy atom. The first-order chi connectivity index (χ1) is 8.99. The number of aryl methyl sites for hydroxylation is 2. The molecule has 100 valence electrons. The van der Waals surface area contributed by atoms with Crippen molar-refractivity contribution in [3.05, 3.63) is 59.7 Å². The van der Waals surface area contributed by atoms with Gasteiger partial charge in [0.2, 0.25) is 0 Å².